The Morgan fingerprint density at radius 2 is 2.35 bits per heavy atom. The number of carbonyl (C=O) groups excluding carboxylic acids is 1. The van der Waals surface area contributed by atoms with E-state index in [1.54, 1.807) is 0 Å². The highest BCUT2D eigenvalue weighted by Crippen LogP contribution is 2.30. The molecule has 1 rings (SSSR count). The molecule has 1 aromatic heterocycles. The van der Waals surface area contributed by atoms with Crippen LogP contribution in [0.1, 0.15) is 23.2 Å². The lowest BCUT2D eigenvalue weighted by molar-refractivity contribution is -0.139. The number of methoxy groups -OCH3 is 1. The molecule has 0 atom stereocenters. The van der Waals surface area contributed by atoms with Crippen molar-refractivity contribution < 1.29 is 18.3 Å². The third-order valence-corrected chi connectivity index (χ3v) is 2.37. The molecule has 4 nitrogen and oxygen atoms in total. The van der Waals surface area contributed by atoms with E-state index in [9.17, 15) is 13.6 Å². The molecule has 0 radical (unpaired) electrons. The highest BCUT2D eigenvalue weighted by Gasteiger charge is 2.23. The molecule has 0 bridgehead atoms. The maximum Gasteiger partial charge on any atom is 0.310 e. The molecule has 0 aliphatic heterocycles. The van der Waals surface area contributed by atoms with Gasteiger partial charge in [-0.05, 0) is 5.56 Å². The predicted molar refractivity (Wildman–Crippen MR) is 54.6 cm³/mol. The maximum absolute atomic E-state index is 12.8. The molecule has 0 aromatic carbocycles. The first-order valence-corrected chi connectivity index (χ1v) is 4.81. The van der Waals surface area contributed by atoms with Gasteiger partial charge in [-0.1, -0.05) is 11.6 Å². The highest BCUT2D eigenvalue weighted by atomic mass is 35.5. The summed E-state index contributed by atoms with van der Waals surface area (Å²) in [5, 5.41) is 8.58. The fraction of sp³-hybridized carbons (Fsp3) is 0.300. The molecule has 7 heteroatoms. The first kappa shape index (κ1) is 13.3. The van der Waals surface area contributed by atoms with Crippen molar-refractivity contribution >= 4 is 17.6 Å². The summed E-state index contributed by atoms with van der Waals surface area (Å²) in [6, 6.07) is 1.53. The number of nitriles is 1. The van der Waals surface area contributed by atoms with Crippen LogP contribution in [0.5, 0.6) is 0 Å². The fourth-order valence-corrected chi connectivity index (χ4v) is 1.48. The van der Waals surface area contributed by atoms with E-state index in [2.05, 4.69) is 9.72 Å². The molecule has 0 spiro atoms. The van der Waals surface area contributed by atoms with Crippen molar-refractivity contribution in [2.75, 3.05) is 7.11 Å². The summed E-state index contributed by atoms with van der Waals surface area (Å²) in [5.74, 6) is -0.719. The van der Waals surface area contributed by atoms with Crippen LogP contribution in [0.2, 0.25) is 5.02 Å². The highest BCUT2D eigenvalue weighted by molar-refractivity contribution is 6.31. The van der Waals surface area contributed by atoms with Gasteiger partial charge in [-0.15, -0.1) is 0 Å². The Morgan fingerprint density at radius 3 is 2.82 bits per heavy atom. The third kappa shape index (κ3) is 2.88. The molecular formula is C10H7ClF2N2O2. The van der Waals surface area contributed by atoms with Gasteiger partial charge in [-0.2, -0.15) is 5.26 Å². The van der Waals surface area contributed by atoms with Crippen LogP contribution in [0.15, 0.2) is 6.20 Å². The molecule has 0 fully saturated rings. The van der Waals surface area contributed by atoms with Crippen molar-refractivity contribution in [1.82, 2.24) is 4.98 Å². The van der Waals surface area contributed by atoms with Gasteiger partial charge < -0.3 is 4.74 Å². The average molecular weight is 261 g/mol. The largest absolute Gasteiger partial charge is 0.469 e. The van der Waals surface area contributed by atoms with E-state index in [1.807, 2.05) is 0 Å². The minimum absolute atomic E-state index is 0.0929. The number of esters is 1. The van der Waals surface area contributed by atoms with Gasteiger partial charge >= 0.3 is 5.97 Å². The second-order valence-electron chi connectivity index (χ2n) is 3.01. The Labute approximate surface area is 101 Å². The summed E-state index contributed by atoms with van der Waals surface area (Å²) in [4.78, 5) is 14.6. The van der Waals surface area contributed by atoms with Crippen LogP contribution in [0.25, 0.3) is 0 Å². The molecule has 0 unspecified atom stereocenters. The van der Waals surface area contributed by atoms with Gasteiger partial charge in [0.05, 0.1) is 24.1 Å². The molecule has 90 valence electrons. The van der Waals surface area contributed by atoms with Crippen LogP contribution in [0.4, 0.5) is 8.78 Å². The Bertz CT molecular complexity index is 486. The van der Waals surface area contributed by atoms with Crippen LogP contribution < -0.4 is 0 Å². The Hall–Kier alpha value is -1.74. The van der Waals surface area contributed by atoms with Gasteiger partial charge in [-0.3, -0.25) is 4.79 Å². The van der Waals surface area contributed by atoms with Crippen molar-refractivity contribution in [1.29, 1.82) is 5.26 Å². The number of halogens is 3. The van der Waals surface area contributed by atoms with Crippen LogP contribution in [0, 0.1) is 11.3 Å². The van der Waals surface area contributed by atoms with Crippen molar-refractivity contribution in [3.05, 3.63) is 28.0 Å². The molecule has 0 aliphatic carbocycles. The number of hydrogen-bond donors (Lipinski definition) is 0. The monoisotopic (exact) mass is 260 g/mol. The van der Waals surface area contributed by atoms with Crippen LogP contribution in [-0.2, 0) is 16.0 Å². The summed E-state index contributed by atoms with van der Waals surface area (Å²) >= 11 is 5.69. The van der Waals surface area contributed by atoms with Gasteiger partial charge in [0.15, 0.2) is 0 Å². The van der Waals surface area contributed by atoms with Crippen molar-refractivity contribution in [3.63, 3.8) is 0 Å². The molecular weight excluding hydrogens is 254 g/mol. The van der Waals surface area contributed by atoms with E-state index in [4.69, 9.17) is 16.9 Å². The van der Waals surface area contributed by atoms with Crippen molar-refractivity contribution in [2.45, 2.75) is 12.8 Å². The maximum atomic E-state index is 12.8. The number of hydrogen-bond acceptors (Lipinski definition) is 4. The second-order valence-corrected chi connectivity index (χ2v) is 3.42. The average Bonchev–Trinajstić information content (AvgIpc) is 2.30. The fourth-order valence-electron chi connectivity index (χ4n) is 1.26. The van der Waals surface area contributed by atoms with E-state index in [0.29, 0.717) is 0 Å². The lowest BCUT2D eigenvalue weighted by atomic mass is 10.0. The zero-order valence-electron chi connectivity index (χ0n) is 8.71. The van der Waals surface area contributed by atoms with Crippen molar-refractivity contribution in [3.8, 4) is 6.07 Å². The minimum atomic E-state index is -2.93. The lowest BCUT2D eigenvalue weighted by Gasteiger charge is -2.10. The zero-order valence-corrected chi connectivity index (χ0v) is 9.46. The van der Waals surface area contributed by atoms with E-state index in [-0.39, 0.29) is 10.6 Å². The summed E-state index contributed by atoms with van der Waals surface area (Å²) in [5.41, 5.74) is -1.19. The van der Waals surface area contributed by atoms with Gasteiger partial charge in [0.1, 0.15) is 11.8 Å². The van der Waals surface area contributed by atoms with Crippen molar-refractivity contribution in [2.24, 2.45) is 0 Å². The van der Waals surface area contributed by atoms with Gasteiger partial charge in [-0.25, -0.2) is 13.8 Å². The zero-order chi connectivity index (χ0) is 13.0. The van der Waals surface area contributed by atoms with Crippen LogP contribution in [-0.4, -0.2) is 18.1 Å². The van der Waals surface area contributed by atoms with E-state index < -0.39 is 30.1 Å². The number of alkyl halides is 2. The van der Waals surface area contributed by atoms with E-state index >= 15 is 0 Å². The standard InChI is InChI=1S/C10H7ClF2N2O2/c1-17-8(16)2-5-6(11)4-15-7(3-14)9(5)10(12)13/h4,10H,2H2,1H3. The number of ether oxygens (including phenoxy) is 1. The quantitative estimate of drug-likeness (QED) is 0.782. The smallest absolute Gasteiger partial charge is 0.310 e. The Balaban J connectivity index is 3.35. The molecule has 0 N–H and O–H groups in total. The molecule has 0 aliphatic rings. The Morgan fingerprint density at radius 1 is 1.71 bits per heavy atom. The van der Waals surface area contributed by atoms with Gasteiger partial charge in [0.25, 0.3) is 6.43 Å². The summed E-state index contributed by atoms with van der Waals surface area (Å²) < 4.78 is 30.0. The first-order valence-electron chi connectivity index (χ1n) is 4.43. The predicted octanol–water partition coefficient (Wildman–Crippen LogP) is 2.26. The van der Waals surface area contributed by atoms with Gasteiger partial charge in [0.2, 0.25) is 0 Å². The van der Waals surface area contributed by atoms with Crippen LogP contribution >= 0.6 is 11.6 Å². The number of nitrogens with zero attached hydrogens (tertiary/aromatic N) is 2. The second kappa shape index (κ2) is 5.55. The summed E-state index contributed by atoms with van der Waals surface area (Å²) in [6.45, 7) is 0. The number of carbonyl (C=O) groups is 1. The number of rotatable bonds is 3. The first-order chi connectivity index (χ1) is 8.01. The van der Waals surface area contributed by atoms with Gasteiger partial charge in [0, 0.05) is 6.20 Å². The number of pyridine rings is 1. The minimum Gasteiger partial charge on any atom is -0.469 e. The molecule has 0 saturated carbocycles. The molecule has 17 heavy (non-hydrogen) atoms. The Kier molecular flexibility index (Phi) is 4.35. The van der Waals surface area contributed by atoms with E-state index in [0.717, 1.165) is 13.3 Å². The lowest BCUT2D eigenvalue weighted by Crippen LogP contribution is -2.10. The topological polar surface area (TPSA) is 63.0 Å². The molecule has 1 heterocycles. The van der Waals surface area contributed by atoms with Crippen LogP contribution in [0.3, 0.4) is 0 Å². The number of aromatic nitrogens is 1. The molecule has 1 aromatic rings. The van der Waals surface area contributed by atoms with E-state index in [1.165, 1.54) is 6.07 Å². The normalized spacial score (nSPS) is 10.1. The molecule has 0 saturated heterocycles. The summed E-state index contributed by atoms with van der Waals surface area (Å²) in [7, 11) is 1.13. The molecule has 0 amide bonds. The summed E-state index contributed by atoms with van der Waals surface area (Å²) in [6.07, 6.45) is -2.30. The SMILES string of the molecule is COC(=O)Cc1c(Cl)cnc(C#N)c1C(F)F. The third-order valence-electron chi connectivity index (χ3n) is 2.05.